The number of nitrogens with one attached hydrogen (secondary N) is 1. The van der Waals surface area contributed by atoms with Gasteiger partial charge in [-0.05, 0) is 31.0 Å². The van der Waals surface area contributed by atoms with E-state index in [2.05, 4.69) is 5.32 Å². The van der Waals surface area contributed by atoms with Crippen LogP contribution in [-0.2, 0) is 21.2 Å². The van der Waals surface area contributed by atoms with Crippen molar-refractivity contribution in [2.75, 3.05) is 11.9 Å². The third kappa shape index (κ3) is 5.13. The van der Waals surface area contributed by atoms with Crippen LogP contribution in [0.4, 0.5) is 23.2 Å². The van der Waals surface area contributed by atoms with Gasteiger partial charge in [-0.3, -0.25) is 9.69 Å². The Hall–Kier alpha value is -2.46. The summed E-state index contributed by atoms with van der Waals surface area (Å²) in [7, 11) is -4.89. The molecule has 0 atom stereocenters. The number of rotatable bonds is 8. The topological polar surface area (TPSA) is 66.5 Å². The number of hydrogen-bond donors (Lipinski definition) is 1. The van der Waals surface area contributed by atoms with E-state index in [0.29, 0.717) is 0 Å². The molecule has 10 heteroatoms. The number of alkyl halides is 2. The van der Waals surface area contributed by atoms with E-state index in [-0.39, 0.29) is 30.4 Å². The molecule has 1 N–H and O–H groups in total. The quantitative estimate of drug-likeness (QED) is 0.651. The lowest BCUT2D eigenvalue weighted by molar-refractivity contribution is -0.117. The number of nitrogens with zero attached hydrogens (tertiary/aromatic N) is 1. The Labute approximate surface area is 165 Å². The van der Waals surface area contributed by atoms with E-state index >= 15 is 0 Å². The molecule has 5 nitrogen and oxygen atoms in total. The molecule has 1 saturated carbocycles. The van der Waals surface area contributed by atoms with E-state index in [1.54, 1.807) is 4.90 Å². The first kappa shape index (κ1) is 21.3. The highest BCUT2D eigenvalue weighted by molar-refractivity contribution is 7.91. The molecule has 1 amide bonds. The number of amides is 1. The van der Waals surface area contributed by atoms with Crippen LogP contribution in [-0.4, -0.2) is 37.6 Å². The molecule has 0 saturated heterocycles. The van der Waals surface area contributed by atoms with E-state index in [1.807, 2.05) is 0 Å². The van der Waals surface area contributed by atoms with Crippen molar-refractivity contribution >= 4 is 21.4 Å². The average molecular weight is 430 g/mol. The predicted octanol–water partition coefficient (Wildman–Crippen LogP) is 3.56. The van der Waals surface area contributed by atoms with Crippen LogP contribution < -0.4 is 5.32 Å². The minimum atomic E-state index is -4.89. The van der Waals surface area contributed by atoms with Crippen molar-refractivity contribution in [1.29, 1.82) is 0 Å². The van der Waals surface area contributed by atoms with E-state index in [1.165, 1.54) is 24.3 Å². The van der Waals surface area contributed by atoms with Crippen LogP contribution >= 0.6 is 0 Å². The Bertz CT molecular complexity index is 1010. The molecule has 0 unspecified atom stereocenters. The summed E-state index contributed by atoms with van der Waals surface area (Å²) in [5.41, 5.74) is -0.0340. The van der Waals surface area contributed by atoms with Crippen molar-refractivity contribution in [3.05, 3.63) is 59.7 Å². The van der Waals surface area contributed by atoms with Crippen LogP contribution in [0.25, 0.3) is 0 Å². The van der Waals surface area contributed by atoms with Gasteiger partial charge in [0.15, 0.2) is 0 Å². The van der Waals surface area contributed by atoms with Crippen molar-refractivity contribution in [2.24, 2.45) is 0 Å². The lowest BCUT2D eigenvalue weighted by Crippen LogP contribution is -2.35. The Morgan fingerprint density at radius 1 is 1.14 bits per heavy atom. The zero-order chi connectivity index (χ0) is 21.2. The standard InChI is InChI=1S/C19H18F4N2O3S/c20-13-6-5-12(15(21)9-13)10-25(14-7-8-14)11-18(26)24-16-3-1-2-4-17(16)29(27,28)19(22)23/h1-6,9,14,19H,7-8,10-11H2,(H,24,26). The molecule has 1 aliphatic rings. The zero-order valence-electron chi connectivity index (χ0n) is 15.1. The maximum atomic E-state index is 13.9. The number of para-hydroxylation sites is 1. The summed E-state index contributed by atoms with van der Waals surface area (Å²) in [5.74, 6) is -5.69. The monoisotopic (exact) mass is 430 g/mol. The highest BCUT2D eigenvalue weighted by Gasteiger charge is 2.32. The fourth-order valence-corrected chi connectivity index (χ4v) is 3.80. The molecule has 2 aromatic carbocycles. The maximum absolute atomic E-state index is 13.9. The van der Waals surface area contributed by atoms with Crippen molar-refractivity contribution in [3.8, 4) is 0 Å². The van der Waals surface area contributed by atoms with Gasteiger partial charge in [0, 0.05) is 24.2 Å². The normalized spacial score (nSPS) is 14.4. The third-order valence-corrected chi connectivity index (χ3v) is 5.94. The largest absolute Gasteiger partial charge is 0.341 e. The van der Waals surface area contributed by atoms with Crippen LogP contribution in [0.2, 0.25) is 0 Å². The third-order valence-electron chi connectivity index (χ3n) is 4.50. The van der Waals surface area contributed by atoms with Gasteiger partial charge < -0.3 is 5.32 Å². The second kappa shape index (κ2) is 8.50. The van der Waals surface area contributed by atoms with Gasteiger partial charge in [-0.15, -0.1) is 0 Å². The molecule has 29 heavy (non-hydrogen) atoms. The summed E-state index contributed by atoms with van der Waals surface area (Å²) in [5, 5.41) is 2.35. The van der Waals surface area contributed by atoms with Gasteiger partial charge in [0.1, 0.15) is 11.6 Å². The van der Waals surface area contributed by atoms with Gasteiger partial charge in [0.25, 0.3) is 0 Å². The van der Waals surface area contributed by atoms with Crippen LogP contribution in [0.1, 0.15) is 18.4 Å². The minimum Gasteiger partial charge on any atom is -0.324 e. The van der Waals surface area contributed by atoms with Gasteiger partial charge in [-0.2, -0.15) is 8.78 Å². The number of hydrogen-bond acceptors (Lipinski definition) is 4. The number of sulfone groups is 1. The molecule has 0 bridgehead atoms. The molecule has 3 rings (SSSR count). The Balaban J connectivity index is 1.74. The maximum Gasteiger partial charge on any atom is 0.341 e. The molecular weight excluding hydrogens is 412 g/mol. The molecule has 0 heterocycles. The number of carbonyl (C=O) groups is 1. The predicted molar refractivity (Wildman–Crippen MR) is 98.1 cm³/mol. The Morgan fingerprint density at radius 3 is 2.45 bits per heavy atom. The van der Waals surface area contributed by atoms with Crippen LogP contribution in [0.5, 0.6) is 0 Å². The van der Waals surface area contributed by atoms with E-state index in [9.17, 15) is 30.8 Å². The first-order valence-corrected chi connectivity index (χ1v) is 10.3. The number of anilines is 1. The van der Waals surface area contributed by atoms with E-state index in [0.717, 1.165) is 31.0 Å². The van der Waals surface area contributed by atoms with Gasteiger partial charge >= 0.3 is 5.76 Å². The first-order valence-electron chi connectivity index (χ1n) is 8.77. The molecule has 0 aromatic heterocycles. The molecule has 0 aliphatic heterocycles. The van der Waals surface area contributed by atoms with E-state index < -0.39 is 38.0 Å². The van der Waals surface area contributed by atoms with Crippen LogP contribution in [0, 0.1) is 11.6 Å². The summed E-state index contributed by atoms with van der Waals surface area (Å²) in [6.45, 7) is -0.147. The molecular formula is C19H18F4N2O3S. The molecule has 1 fully saturated rings. The summed E-state index contributed by atoms with van der Waals surface area (Å²) < 4.78 is 76.4. The summed E-state index contributed by atoms with van der Waals surface area (Å²) in [6.07, 6.45) is 1.60. The highest BCUT2D eigenvalue weighted by atomic mass is 32.2. The molecule has 156 valence electrons. The van der Waals surface area contributed by atoms with Gasteiger partial charge in [0.05, 0.1) is 17.1 Å². The summed E-state index contributed by atoms with van der Waals surface area (Å²) in [6, 6.07) is 8.09. The Morgan fingerprint density at radius 2 is 1.83 bits per heavy atom. The summed E-state index contributed by atoms with van der Waals surface area (Å²) >= 11 is 0. The highest BCUT2D eigenvalue weighted by Crippen LogP contribution is 2.30. The van der Waals surface area contributed by atoms with Gasteiger partial charge in [-0.1, -0.05) is 18.2 Å². The number of benzene rings is 2. The van der Waals surface area contributed by atoms with Crippen LogP contribution in [0.3, 0.4) is 0 Å². The lowest BCUT2D eigenvalue weighted by Gasteiger charge is -2.22. The lowest BCUT2D eigenvalue weighted by atomic mass is 10.2. The summed E-state index contributed by atoms with van der Waals surface area (Å²) in [4.78, 5) is 13.4. The van der Waals surface area contributed by atoms with Crippen molar-refractivity contribution < 1.29 is 30.8 Å². The smallest absolute Gasteiger partial charge is 0.324 e. The molecule has 2 aromatic rings. The minimum absolute atomic E-state index is 0.0326. The molecule has 0 spiro atoms. The molecule has 1 aliphatic carbocycles. The van der Waals surface area contributed by atoms with Crippen molar-refractivity contribution in [1.82, 2.24) is 4.90 Å². The zero-order valence-corrected chi connectivity index (χ0v) is 15.9. The second-order valence-electron chi connectivity index (χ2n) is 6.72. The van der Waals surface area contributed by atoms with Crippen molar-refractivity contribution in [2.45, 2.75) is 36.1 Å². The first-order chi connectivity index (χ1) is 13.7. The SMILES string of the molecule is O=C(CN(Cc1ccc(F)cc1F)C1CC1)Nc1ccccc1S(=O)(=O)C(F)F. The van der Waals surface area contributed by atoms with Crippen LogP contribution in [0.15, 0.2) is 47.4 Å². The Kier molecular flexibility index (Phi) is 6.23. The average Bonchev–Trinajstić information content (AvgIpc) is 3.48. The van der Waals surface area contributed by atoms with Crippen molar-refractivity contribution in [3.63, 3.8) is 0 Å². The molecule has 0 radical (unpaired) electrons. The fraction of sp³-hybridized carbons (Fsp3) is 0.316. The second-order valence-corrected chi connectivity index (χ2v) is 8.61. The van der Waals surface area contributed by atoms with E-state index in [4.69, 9.17) is 0 Å². The fourth-order valence-electron chi connectivity index (χ4n) is 2.91. The number of carbonyl (C=O) groups excluding carboxylic acids is 1. The van der Waals surface area contributed by atoms with Gasteiger partial charge in [-0.25, -0.2) is 17.2 Å². The number of halogens is 4. The van der Waals surface area contributed by atoms with Gasteiger partial charge in [0.2, 0.25) is 15.7 Å².